The summed E-state index contributed by atoms with van der Waals surface area (Å²) in [6.45, 7) is 2.70. The summed E-state index contributed by atoms with van der Waals surface area (Å²) >= 11 is 0. The quantitative estimate of drug-likeness (QED) is 0.518. The average molecular weight is 360 g/mol. The lowest BCUT2D eigenvalue weighted by Crippen LogP contribution is -2.15. The number of fused-ring (bicyclic) bond motifs is 1. The minimum Gasteiger partial charge on any atom is -0.434 e. The van der Waals surface area contributed by atoms with E-state index >= 15 is 4.39 Å². The van der Waals surface area contributed by atoms with Gasteiger partial charge in [-0.05, 0) is 67.5 Å². The van der Waals surface area contributed by atoms with Gasteiger partial charge in [0.25, 0.3) is 0 Å². The minimum atomic E-state index is -2.98. The molecule has 0 spiro atoms. The second kappa shape index (κ2) is 7.98. The fourth-order valence-electron chi connectivity index (χ4n) is 3.95. The van der Waals surface area contributed by atoms with Crippen LogP contribution in [0.4, 0.5) is 13.2 Å². The molecule has 1 nitrogen and oxygen atoms in total. The molecule has 0 amide bonds. The lowest BCUT2D eigenvalue weighted by molar-refractivity contribution is -0.0508. The molecule has 0 aliphatic heterocycles. The molecule has 0 aromatic heterocycles. The third-order valence-corrected chi connectivity index (χ3v) is 5.20. The second-order valence-corrected chi connectivity index (χ2v) is 6.80. The van der Waals surface area contributed by atoms with Gasteiger partial charge in [0.05, 0.1) is 0 Å². The largest absolute Gasteiger partial charge is 0.434 e. The first-order valence-corrected chi connectivity index (χ1v) is 8.99. The van der Waals surface area contributed by atoms with Crippen molar-refractivity contribution in [3.63, 3.8) is 0 Å². The van der Waals surface area contributed by atoms with Crippen molar-refractivity contribution >= 4 is 16.8 Å². The van der Waals surface area contributed by atoms with Gasteiger partial charge in [0.2, 0.25) is 0 Å². The topological polar surface area (TPSA) is 9.23 Å². The molecule has 26 heavy (non-hydrogen) atoms. The molecule has 0 saturated heterocycles. The van der Waals surface area contributed by atoms with Gasteiger partial charge in [-0.25, -0.2) is 4.39 Å². The van der Waals surface area contributed by atoms with Crippen LogP contribution in [0.1, 0.15) is 49.7 Å². The number of hydrogen-bond donors (Lipinski definition) is 0. The summed E-state index contributed by atoms with van der Waals surface area (Å²) in [4.78, 5) is 0. The van der Waals surface area contributed by atoms with Crippen molar-refractivity contribution in [1.29, 1.82) is 0 Å². The van der Waals surface area contributed by atoms with Crippen LogP contribution in [0.3, 0.4) is 0 Å². The first-order chi connectivity index (χ1) is 12.5. The van der Waals surface area contributed by atoms with E-state index in [1.165, 1.54) is 6.07 Å². The highest BCUT2D eigenvalue weighted by Crippen LogP contribution is 2.44. The summed E-state index contributed by atoms with van der Waals surface area (Å²) in [5, 5.41) is 0.977. The van der Waals surface area contributed by atoms with Crippen molar-refractivity contribution in [3.8, 4) is 5.75 Å². The van der Waals surface area contributed by atoms with E-state index in [0.717, 1.165) is 31.2 Å². The summed E-state index contributed by atoms with van der Waals surface area (Å²) in [7, 11) is 0. The van der Waals surface area contributed by atoms with Crippen molar-refractivity contribution in [1.82, 2.24) is 0 Å². The Balaban J connectivity index is 2.04. The van der Waals surface area contributed by atoms with Gasteiger partial charge < -0.3 is 4.74 Å². The lowest BCUT2D eigenvalue weighted by atomic mass is 9.77. The molecule has 0 N–H and O–H groups in total. The molecular formula is C22H23F3O. The molecule has 1 aliphatic carbocycles. The van der Waals surface area contributed by atoms with Crippen molar-refractivity contribution in [2.45, 2.75) is 45.1 Å². The Morgan fingerprint density at radius 3 is 2.50 bits per heavy atom. The summed E-state index contributed by atoms with van der Waals surface area (Å²) < 4.78 is 45.9. The summed E-state index contributed by atoms with van der Waals surface area (Å²) in [6.07, 6.45) is 9.22. The third kappa shape index (κ3) is 3.79. The molecule has 0 radical (unpaired) electrons. The van der Waals surface area contributed by atoms with Crippen molar-refractivity contribution in [2.24, 2.45) is 5.92 Å². The summed E-state index contributed by atoms with van der Waals surface area (Å²) in [6, 6.07) is 6.73. The molecule has 1 saturated carbocycles. The van der Waals surface area contributed by atoms with Crippen LogP contribution < -0.4 is 4.74 Å². The van der Waals surface area contributed by atoms with E-state index in [1.54, 1.807) is 24.3 Å². The molecule has 0 atom stereocenters. The molecule has 1 fully saturated rings. The second-order valence-electron chi connectivity index (χ2n) is 6.80. The average Bonchev–Trinajstić information content (AvgIpc) is 2.62. The zero-order chi connectivity index (χ0) is 18.7. The lowest BCUT2D eigenvalue weighted by Gasteiger charge is -2.29. The maximum absolute atomic E-state index is 15.3. The molecule has 1 aliphatic rings. The highest BCUT2D eigenvalue weighted by molar-refractivity contribution is 5.88. The third-order valence-electron chi connectivity index (χ3n) is 5.20. The molecule has 138 valence electrons. The first-order valence-electron chi connectivity index (χ1n) is 8.99. The van der Waals surface area contributed by atoms with Gasteiger partial charge in [0.1, 0.15) is 11.6 Å². The summed E-state index contributed by atoms with van der Waals surface area (Å²) in [5.41, 5.74) is 1.10. The zero-order valence-electron chi connectivity index (χ0n) is 14.9. The Kier molecular flexibility index (Phi) is 5.70. The monoisotopic (exact) mass is 360 g/mol. The van der Waals surface area contributed by atoms with Gasteiger partial charge in [-0.15, -0.1) is 0 Å². The number of hydrogen-bond acceptors (Lipinski definition) is 1. The Labute approximate surface area is 152 Å². The number of ether oxygens (including phenoxy) is 1. The SMILES string of the molecule is C=Cc1ccc2c(F)c(C3CCC(/C=C/C)CC3)c(OC(F)F)cc2c1. The molecule has 2 aromatic carbocycles. The smallest absolute Gasteiger partial charge is 0.387 e. The van der Waals surface area contributed by atoms with Gasteiger partial charge in [-0.1, -0.05) is 36.9 Å². The van der Waals surface area contributed by atoms with Crippen LogP contribution in [0.25, 0.3) is 16.8 Å². The van der Waals surface area contributed by atoms with E-state index in [2.05, 4.69) is 12.7 Å². The standard InChI is InChI=1S/C22H23F3O/c1-3-5-15-6-9-16(10-7-15)20-19(26-22(24)25)13-17-12-14(4-2)8-11-18(17)21(20)23/h3-5,8,11-13,15-16,22H,2,6-7,9-10H2,1H3/b5-3+. The van der Waals surface area contributed by atoms with E-state index < -0.39 is 12.4 Å². The predicted octanol–water partition coefficient (Wildman–Crippen LogP) is 7.07. The Hall–Kier alpha value is -2.23. The van der Waals surface area contributed by atoms with Gasteiger partial charge in [0.15, 0.2) is 0 Å². The fourth-order valence-corrected chi connectivity index (χ4v) is 3.95. The highest BCUT2D eigenvalue weighted by atomic mass is 19.3. The van der Waals surface area contributed by atoms with Crippen LogP contribution in [0.15, 0.2) is 43.0 Å². The van der Waals surface area contributed by atoms with E-state index in [4.69, 9.17) is 4.74 Å². The normalized spacial score (nSPS) is 20.8. The van der Waals surface area contributed by atoms with Crippen LogP contribution in [0.2, 0.25) is 0 Å². The van der Waals surface area contributed by atoms with E-state index in [0.29, 0.717) is 22.3 Å². The maximum atomic E-state index is 15.3. The number of allylic oxidation sites excluding steroid dienone is 2. The molecule has 4 heteroatoms. The highest BCUT2D eigenvalue weighted by Gasteiger charge is 2.28. The van der Waals surface area contributed by atoms with E-state index in [-0.39, 0.29) is 11.7 Å². The number of benzene rings is 2. The van der Waals surface area contributed by atoms with Crippen LogP contribution in [0.5, 0.6) is 5.75 Å². The number of alkyl halides is 2. The van der Waals surface area contributed by atoms with E-state index in [9.17, 15) is 8.78 Å². The Morgan fingerprint density at radius 2 is 1.88 bits per heavy atom. The molecular weight excluding hydrogens is 337 g/mol. The van der Waals surface area contributed by atoms with Crippen molar-refractivity contribution in [2.75, 3.05) is 0 Å². The van der Waals surface area contributed by atoms with Crippen LogP contribution in [-0.2, 0) is 0 Å². The van der Waals surface area contributed by atoms with Gasteiger partial charge in [-0.2, -0.15) is 8.78 Å². The van der Waals surface area contributed by atoms with Gasteiger partial charge in [0, 0.05) is 10.9 Å². The number of rotatable bonds is 5. The minimum absolute atomic E-state index is 0.0410. The Bertz CT molecular complexity index is 818. The molecule has 2 aromatic rings. The first kappa shape index (κ1) is 18.6. The molecule has 0 unspecified atom stereocenters. The fraction of sp³-hybridized carbons (Fsp3) is 0.364. The van der Waals surface area contributed by atoms with Crippen LogP contribution >= 0.6 is 0 Å². The van der Waals surface area contributed by atoms with Crippen LogP contribution in [0, 0.1) is 11.7 Å². The maximum Gasteiger partial charge on any atom is 0.387 e. The van der Waals surface area contributed by atoms with Crippen molar-refractivity contribution in [3.05, 3.63) is 59.9 Å². The zero-order valence-corrected chi connectivity index (χ0v) is 14.9. The van der Waals surface area contributed by atoms with Crippen LogP contribution in [-0.4, -0.2) is 6.61 Å². The van der Waals surface area contributed by atoms with Gasteiger partial charge in [-0.3, -0.25) is 0 Å². The molecule has 3 rings (SSSR count). The Morgan fingerprint density at radius 1 is 1.15 bits per heavy atom. The van der Waals surface area contributed by atoms with Crippen molar-refractivity contribution < 1.29 is 17.9 Å². The predicted molar refractivity (Wildman–Crippen MR) is 100 cm³/mol. The molecule has 0 heterocycles. The van der Waals surface area contributed by atoms with E-state index in [1.807, 2.05) is 13.0 Å². The molecule has 0 bridgehead atoms. The summed E-state index contributed by atoms with van der Waals surface area (Å²) in [5.74, 6) is -0.105. The number of halogens is 3. The van der Waals surface area contributed by atoms with Gasteiger partial charge >= 0.3 is 6.61 Å².